The second-order valence-electron chi connectivity index (χ2n) is 4.37. The number of aromatic nitrogens is 2. The first-order chi connectivity index (χ1) is 9.72. The van der Waals surface area contributed by atoms with Crippen molar-refractivity contribution >= 4 is 28.6 Å². The van der Waals surface area contributed by atoms with E-state index in [2.05, 4.69) is 27.8 Å². The SMILES string of the molecule is CC(Nc1cccc(-c2nnco2)c1)c1csc(Cl)c1. The highest BCUT2D eigenvalue weighted by atomic mass is 35.5. The van der Waals surface area contributed by atoms with Crippen LogP contribution in [0.3, 0.4) is 0 Å². The largest absolute Gasteiger partial charge is 0.423 e. The molecule has 102 valence electrons. The quantitative estimate of drug-likeness (QED) is 0.764. The molecule has 20 heavy (non-hydrogen) atoms. The van der Waals surface area contributed by atoms with E-state index in [9.17, 15) is 0 Å². The van der Waals surface area contributed by atoms with Gasteiger partial charge >= 0.3 is 0 Å². The van der Waals surface area contributed by atoms with Gasteiger partial charge in [0, 0.05) is 17.3 Å². The number of hydrogen-bond acceptors (Lipinski definition) is 5. The standard InChI is InChI=1S/C14H12ClN3OS/c1-9(11-6-13(15)20-7-11)17-12-4-2-3-10(5-12)14-18-16-8-19-14/h2-9,17H,1H3. The Morgan fingerprint density at radius 1 is 1.35 bits per heavy atom. The summed E-state index contributed by atoms with van der Waals surface area (Å²) in [5.41, 5.74) is 3.06. The van der Waals surface area contributed by atoms with Crippen molar-refractivity contribution in [2.24, 2.45) is 0 Å². The van der Waals surface area contributed by atoms with Crippen LogP contribution in [0, 0.1) is 0 Å². The molecule has 0 radical (unpaired) electrons. The van der Waals surface area contributed by atoms with E-state index in [1.54, 1.807) is 0 Å². The van der Waals surface area contributed by atoms with Crippen LogP contribution in [-0.2, 0) is 0 Å². The molecule has 3 aromatic rings. The van der Waals surface area contributed by atoms with Gasteiger partial charge in [-0.1, -0.05) is 17.7 Å². The second kappa shape index (κ2) is 5.64. The van der Waals surface area contributed by atoms with Gasteiger partial charge in [-0.3, -0.25) is 0 Å². The number of nitrogens with one attached hydrogen (secondary N) is 1. The van der Waals surface area contributed by atoms with Gasteiger partial charge in [0.2, 0.25) is 12.3 Å². The molecule has 1 atom stereocenters. The second-order valence-corrected chi connectivity index (χ2v) is 5.92. The van der Waals surface area contributed by atoms with Gasteiger partial charge in [-0.25, -0.2) is 0 Å². The molecule has 6 heteroatoms. The highest BCUT2D eigenvalue weighted by molar-refractivity contribution is 7.14. The van der Waals surface area contributed by atoms with Gasteiger partial charge in [-0.15, -0.1) is 21.5 Å². The van der Waals surface area contributed by atoms with Crippen LogP contribution < -0.4 is 5.32 Å². The van der Waals surface area contributed by atoms with Crippen molar-refractivity contribution in [3.63, 3.8) is 0 Å². The van der Waals surface area contributed by atoms with Crippen molar-refractivity contribution < 1.29 is 4.42 Å². The summed E-state index contributed by atoms with van der Waals surface area (Å²) in [7, 11) is 0. The number of anilines is 1. The third kappa shape index (κ3) is 2.84. The molecule has 3 rings (SSSR count). The molecule has 0 bridgehead atoms. The fraction of sp³-hybridized carbons (Fsp3) is 0.143. The summed E-state index contributed by atoms with van der Waals surface area (Å²) in [6, 6.07) is 10.0. The van der Waals surface area contributed by atoms with Crippen LogP contribution in [0.5, 0.6) is 0 Å². The van der Waals surface area contributed by atoms with E-state index < -0.39 is 0 Å². The summed E-state index contributed by atoms with van der Waals surface area (Å²) in [4.78, 5) is 0. The normalized spacial score (nSPS) is 12.3. The smallest absolute Gasteiger partial charge is 0.247 e. The van der Waals surface area contributed by atoms with E-state index in [1.807, 2.05) is 30.3 Å². The summed E-state index contributed by atoms with van der Waals surface area (Å²) < 4.78 is 6.00. The van der Waals surface area contributed by atoms with E-state index in [1.165, 1.54) is 23.3 Å². The number of rotatable bonds is 4. The van der Waals surface area contributed by atoms with Crippen molar-refractivity contribution in [2.45, 2.75) is 13.0 Å². The molecule has 0 aliphatic rings. The number of hydrogen-bond donors (Lipinski definition) is 1. The van der Waals surface area contributed by atoms with Gasteiger partial charge in [0.05, 0.1) is 4.34 Å². The Hall–Kier alpha value is -1.85. The molecule has 0 saturated carbocycles. The average molecular weight is 306 g/mol. The van der Waals surface area contributed by atoms with Crippen LogP contribution in [0.4, 0.5) is 5.69 Å². The van der Waals surface area contributed by atoms with E-state index in [4.69, 9.17) is 16.0 Å². The lowest BCUT2D eigenvalue weighted by molar-refractivity contribution is 0.568. The van der Waals surface area contributed by atoms with Crippen molar-refractivity contribution in [1.82, 2.24) is 10.2 Å². The number of benzene rings is 1. The number of halogens is 1. The fourth-order valence-corrected chi connectivity index (χ4v) is 2.91. The summed E-state index contributed by atoms with van der Waals surface area (Å²) in [6.45, 7) is 2.09. The molecule has 0 fully saturated rings. The minimum Gasteiger partial charge on any atom is -0.423 e. The van der Waals surface area contributed by atoms with E-state index >= 15 is 0 Å². The van der Waals surface area contributed by atoms with Crippen LogP contribution in [0.25, 0.3) is 11.5 Å². The molecule has 1 aromatic carbocycles. The monoisotopic (exact) mass is 305 g/mol. The van der Waals surface area contributed by atoms with Gasteiger partial charge < -0.3 is 9.73 Å². The highest BCUT2D eigenvalue weighted by Gasteiger charge is 2.09. The molecule has 2 heterocycles. The zero-order chi connectivity index (χ0) is 13.9. The van der Waals surface area contributed by atoms with E-state index in [0.717, 1.165) is 15.6 Å². The molecule has 4 nitrogen and oxygen atoms in total. The van der Waals surface area contributed by atoms with Gasteiger partial charge in [0.15, 0.2) is 0 Å². The van der Waals surface area contributed by atoms with Gasteiger partial charge in [-0.2, -0.15) is 0 Å². The Kier molecular flexibility index (Phi) is 3.71. The summed E-state index contributed by atoms with van der Waals surface area (Å²) in [6.07, 6.45) is 1.32. The van der Waals surface area contributed by atoms with Crippen LogP contribution in [0.15, 0.2) is 46.5 Å². The summed E-state index contributed by atoms with van der Waals surface area (Å²) in [5, 5.41) is 13.1. The minimum absolute atomic E-state index is 0.177. The Bertz CT molecular complexity index is 696. The molecule has 2 aromatic heterocycles. The Morgan fingerprint density at radius 3 is 2.95 bits per heavy atom. The van der Waals surface area contributed by atoms with Crippen LogP contribution in [-0.4, -0.2) is 10.2 Å². The Morgan fingerprint density at radius 2 is 2.25 bits per heavy atom. The zero-order valence-electron chi connectivity index (χ0n) is 10.7. The van der Waals surface area contributed by atoms with Gasteiger partial charge in [-0.05, 0) is 42.1 Å². The predicted octanol–water partition coefficient (Wildman–Crippen LogP) is 4.62. The molecule has 0 aliphatic carbocycles. The predicted molar refractivity (Wildman–Crippen MR) is 81.1 cm³/mol. The van der Waals surface area contributed by atoms with Gasteiger partial charge in [0.1, 0.15) is 0 Å². The van der Waals surface area contributed by atoms with Gasteiger partial charge in [0.25, 0.3) is 0 Å². The third-order valence-electron chi connectivity index (χ3n) is 2.94. The first-order valence-corrected chi connectivity index (χ1v) is 7.35. The van der Waals surface area contributed by atoms with Crippen molar-refractivity contribution in [3.8, 4) is 11.5 Å². The molecule has 1 N–H and O–H groups in total. The lowest BCUT2D eigenvalue weighted by Crippen LogP contribution is -2.05. The molecule has 1 unspecified atom stereocenters. The summed E-state index contributed by atoms with van der Waals surface area (Å²) >= 11 is 7.50. The maximum absolute atomic E-state index is 5.96. The molecule has 0 saturated heterocycles. The number of thiophene rings is 1. The maximum atomic E-state index is 5.96. The lowest BCUT2D eigenvalue weighted by Gasteiger charge is -2.14. The topological polar surface area (TPSA) is 51.0 Å². The average Bonchev–Trinajstić information content (AvgIpc) is 3.10. The minimum atomic E-state index is 0.177. The van der Waals surface area contributed by atoms with Crippen LogP contribution >= 0.6 is 22.9 Å². The van der Waals surface area contributed by atoms with Crippen LogP contribution in [0.2, 0.25) is 4.34 Å². The maximum Gasteiger partial charge on any atom is 0.247 e. The fourth-order valence-electron chi connectivity index (χ4n) is 1.92. The Balaban J connectivity index is 1.79. The highest BCUT2D eigenvalue weighted by Crippen LogP contribution is 2.28. The molecular weight excluding hydrogens is 294 g/mol. The van der Waals surface area contributed by atoms with E-state index in [-0.39, 0.29) is 6.04 Å². The lowest BCUT2D eigenvalue weighted by atomic mass is 10.1. The first kappa shape index (κ1) is 13.1. The van der Waals surface area contributed by atoms with Crippen molar-refractivity contribution in [3.05, 3.63) is 52.0 Å². The molecule has 0 spiro atoms. The number of nitrogens with zero attached hydrogens (tertiary/aromatic N) is 2. The van der Waals surface area contributed by atoms with Crippen LogP contribution in [0.1, 0.15) is 18.5 Å². The molecular formula is C14H12ClN3OS. The van der Waals surface area contributed by atoms with Crippen molar-refractivity contribution in [2.75, 3.05) is 5.32 Å². The van der Waals surface area contributed by atoms with E-state index in [0.29, 0.717) is 5.89 Å². The third-order valence-corrected chi connectivity index (χ3v) is 4.05. The first-order valence-electron chi connectivity index (χ1n) is 6.09. The molecule has 0 amide bonds. The zero-order valence-corrected chi connectivity index (χ0v) is 12.3. The van der Waals surface area contributed by atoms with Crippen molar-refractivity contribution in [1.29, 1.82) is 0 Å². The summed E-state index contributed by atoms with van der Waals surface area (Å²) in [5.74, 6) is 0.514. The molecule has 0 aliphatic heterocycles. The Labute approximate surface area is 125 Å².